The van der Waals surface area contributed by atoms with Gasteiger partial charge in [-0.05, 0) is 6.07 Å². The number of aromatic nitrogens is 1. The molecule has 0 aliphatic rings. The molecule has 17 heavy (non-hydrogen) atoms. The third kappa shape index (κ3) is 5.01. The maximum Gasteiger partial charge on any atom is 0.401 e. The van der Waals surface area contributed by atoms with E-state index < -0.39 is 12.7 Å². The standard InChI is InChI=1S/C10H14F3N3O/c11-10(12,13)7-16(4-5-17)6-8-2-1-3-15-9(8)14/h1-3,17H,4-7H2,(H2,14,15). The lowest BCUT2D eigenvalue weighted by atomic mass is 10.2. The third-order valence-corrected chi connectivity index (χ3v) is 2.14. The van der Waals surface area contributed by atoms with E-state index in [-0.39, 0.29) is 25.5 Å². The molecule has 0 fully saturated rings. The second kappa shape index (κ2) is 5.83. The fourth-order valence-electron chi connectivity index (χ4n) is 1.43. The Morgan fingerprint density at radius 1 is 1.41 bits per heavy atom. The first kappa shape index (κ1) is 13.7. The van der Waals surface area contributed by atoms with Crippen LogP contribution in [0.15, 0.2) is 18.3 Å². The molecule has 96 valence electrons. The molecule has 0 spiro atoms. The van der Waals surface area contributed by atoms with Crippen LogP contribution in [0, 0.1) is 0 Å². The number of nitrogens with two attached hydrogens (primary N) is 1. The molecule has 0 bridgehead atoms. The lowest BCUT2D eigenvalue weighted by molar-refractivity contribution is -0.147. The maximum atomic E-state index is 12.3. The van der Waals surface area contributed by atoms with Crippen molar-refractivity contribution in [1.82, 2.24) is 9.88 Å². The topological polar surface area (TPSA) is 62.4 Å². The van der Waals surface area contributed by atoms with E-state index in [4.69, 9.17) is 10.8 Å². The number of aliphatic hydroxyl groups is 1. The van der Waals surface area contributed by atoms with Crippen LogP contribution in [0.5, 0.6) is 0 Å². The van der Waals surface area contributed by atoms with Crippen LogP contribution in [-0.2, 0) is 6.54 Å². The summed E-state index contributed by atoms with van der Waals surface area (Å²) in [7, 11) is 0. The highest BCUT2D eigenvalue weighted by Crippen LogP contribution is 2.19. The van der Waals surface area contributed by atoms with Crippen molar-refractivity contribution < 1.29 is 18.3 Å². The fraction of sp³-hybridized carbons (Fsp3) is 0.500. The van der Waals surface area contributed by atoms with Gasteiger partial charge in [0.05, 0.1) is 13.2 Å². The fourth-order valence-corrected chi connectivity index (χ4v) is 1.43. The minimum absolute atomic E-state index is 0.0136. The monoisotopic (exact) mass is 249 g/mol. The summed E-state index contributed by atoms with van der Waals surface area (Å²) in [5, 5.41) is 8.72. The molecule has 0 aromatic carbocycles. The molecule has 0 saturated carbocycles. The number of rotatable bonds is 5. The molecule has 1 heterocycles. The van der Waals surface area contributed by atoms with Gasteiger partial charge in [-0.1, -0.05) is 6.07 Å². The summed E-state index contributed by atoms with van der Waals surface area (Å²) in [6.07, 6.45) is -2.83. The van der Waals surface area contributed by atoms with Crippen molar-refractivity contribution in [2.24, 2.45) is 0 Å². The SMILES string of the molecule is Nc1ncccc1CN(CCO)CC(F)(F)F. The molecule has 0 amide bonds. The number of alkyl halides is 3. The summed E-state index contributed by atoms with van der Waals surface area (Å²) in [5.74, 6) is 0.206. The van der Waals surface area contributed by atoms with Gasteiger partial charge < -0.3 is 10.8 Å². The molecule has 3 N–H and O–H groups in total. The molecule has 0 radical (unpaired) electrons. The summed E-state index contributed by atoms with van der Waals surface area (Å²) >= 11 is 0. The lowest BCUT2D eigenvalue weighted by Crippen LogP contribution is -2.36. The van der Waals surface area contributed by atoms with Crippen LogP contribution < -0.4 is 5.73 Å². The van der Waals surface area contributed by atoms with Crippen molar-refractivity contribution in [3.63, 3.8) is 0 Å². The van der Waals surface area contributed by atoms with Gasteiger partial charge in [0.2, 0.25) is 0 Å². The van der Waals surface area contributed by atoms with E-state index in [2.05, 4.69) is 4.98 Å². The molecule has 7 heteroatoms. The number of halogens is 3. The van der Waals surface area contributed by atoms with Gasteiger partial charge in [-0.15, -0.1) is 0 Å². The van der Waals surface area contributed by atoms with Crippen molar-refractivity contribution in [2.45, 2.75) is 12.7 Å². The molecule has 0 unspecified atom stereocenters. The normalized spacial score (nSPS) is 12.1. The first-order valence-electron chi connectivity index (χ1n) is 5.01. The maximum absolute atomic E-state index is 12.3. The van der Waals surface area contributed by atoms with E-state index in [9.17, 15) is 13.2 Å². The summed E-state index contributed by atoms with van der Waals surface area (Å²) < 4.78 is 36.8. The number of hydrogen-bond acceptors (Lipinski definition) is 4. The van der Waals surface area contributed by atoms with E-state index in [1.54, 1.807) is 12.1 Å². The average molecular weight is 249 g/mol. The molecule has 0 aliphatic carbocycles. The van der Waals surface area contributed by atoms with Crippen molar-refractivity contribution in [3.8, 4) is 0 Å². The average Bonchev–Trinajstić information content (AvgIpc) is 2.19. The van der Waals surface area contributed by atoms with Crippen LogP contribution >= 0.6 is 0 Å². The van der Waals surface area contributed by atoms with Crippen molar-refractivity contribution in [3.05, 3.63) is 23.9 Å². The second-order valence-electron chi connectivity index (χ2n) is 3.60. The number of nitrogens with zero attached hydrogens (tertiary/aromatic N) is 2. The minimum atomic E-state index is -4.30. The van der Waals surface area contributed by atoms with Crippen molar-refractivity contribution in [2.75, 3.05) is 25.4 Å². The van der Waals surface area contributed by atoms with Crippen LogP contribution in [-0.4, -0.2) is 40.9 Å². The van der Waals surface area contributed by atoms with E-state index in [1.807, 2.05) is 0 Å². The molecular weight excluding hydrogens is 235 g/mol. The van der Waals surface area contributed by atoms with Gasteiger partial charge in [0.25, 0.3) is 0 Å². The highest BCUT2D eigenvalue weighted by Gasteiger charge is 2.30. The smallest absolute Gasteiger partial charge is 0.395 e. The van der Waals surface area contributed by atoms with Crippen molar-refractivity contribution >= 4 is 5.82 Å². The molecule has 0 saturated heterocycles. The molecule has 4 nitrogen and oxygen atoms in total. The molecule has 1 aromatic heterocycles. The summed E-state index contributed by atoms with van der Waals surface area (Å²) in [5.41, 5.74) is 6.07. The predicted octanol–water partition coefficient (Wildman–Crippen LogP) is 1.02. The lowest BCUT2D eigenvalue weighted by Gasteiger charge is -2.23. The van der Waals surface area contributed by atoms with Gasteiger partial charge in [-0.25, -0.2) is 4.98 Å². The Bertz CT molecular complexity index is 357. The van der Waals surface area contributed by atoms with Crippen LogP contribution in [0.2, 0.25) is 0 Å². The van der Waals surface area contributed by atoms with Crippen LogP contribution in [0.4, 0.5) is 19.0 Å². The Balaban J connectivity index is 2.70. The molecular formula is C10H14F3N3O. The van der Waals surface area contributed by atoms with Crippen molar-refractivity contribution in [1.29, 1.82) is 0 Å². The molecule has 0 atom stereocenters. The Morgan fingerprint density at radius 2 is 2.12 bits per heavy atom. The van der Waals surface area contributed by atoms with E-state index in [0.29, 0.717) is 5.56 Å². The molecule has 1 rings (SSSR count). The molecule has 0 aliphatic heterocycles. The van der Waals surface area contributed by atoms with Gasteiger partial charge >= 0.3 is 6.18 Å². The summed E-state index contributed by atoms with van der Waals surface area (Å²) in [6, 6.07) is 3.22. The zero-order valence-electron chi connectivity index (χ0n) is 9.11. The molecule has 1 aromatic rings. The second-order valence-corrected chi connectivity index (χ2v) is 3.60. The van der Waals surface area contributed by atoms with Gasteiger partial charge in [0, 0.05) is 24.8 Å². The van der Waals surface area contributed by atoms with E-state index in [0.717, 1.165) is 4.90 Å². The largest absolute Gasteiger partial charge is 0.401 e. The van der Waals surface area contributed by atoms with Crippen LogP contribution in [0.3, 0.4) is 0 Å². The number of hydrogen-bond donors (Lipinski definition) is 2. The van der Waals surface area contributed by atoms with Gasteiger partial charge in [-0.3, -0.25) is 4.90 Å². The van der Waals surface area contributed by atoms with Gasteiger partial charge in [-0.2, -0.15) is 13.2 Å². The van der Waals surface area contributed by atoms with E-state index in [1.165, 1.54) is 6.20 Å². The van der Waals surface area contributed by atoms with Gasteiger partial charge in [0.1, 0.15) is 5.82 Å². The number of nitrogen functional groups attached to an aromatic ring is 1. The predicted molar refractivity (Wildman–Crippen MR) is 57.1 cm³/mol. The number of pyridine rings is 1. The first-order chi connectivity index (χ1) is 7.92. The van der Waals surface area contributed by atoms with Crippen LogP contribution in [0.25, 0.3) is 0 Å². The quantitative estimate of drug-likeness (QED) is 0.818. The number of anilines is 1. The Morgan fingerprint density at radius 3 is 2.65 bits per heavy atom. The first-order valence-corrected chi connectivity index (χ1v) is 5.01. The third-order valence-electron chi connectivity index (χ3n) is 2.14. The van der Waals surface area contributed by atoms with Gasteiger partial charge in [0.15, 0.2) is 0 Å². The summed E-state index contributed by atoms with van der Waals surface area (Å²) in [6.45, 7) is -1.47. The summed E-state index contributed by atoms with van der Waals surface area (Å²) in [4.78, 5) is 4.87. The zero-order valence-corrected chi connectivity index (χ0v) is 9.11. The Hall–Kier alpha value is -1.34. The zero-order chi connectivity index (χ0) is 12.9. The van der Waals surface area contributed by atoms with Crippen LogP contribution in [0.1, 0.15) is 5.56 Å². The Labute approximate surface area is 96.9 Å². The highest BCUT2D eigenvalue weighted by molar-refractivity contribution is 5.38. The number of aliphatic hydroxyl groups excluding tert-OH is 1. The van der Waals surface area contributed by atoms with E-state index >= 15 is 0 Å². The highest BCUT2D eigenvalue weighted by atomic mass is 19.4. The Kier molecular flexibility index (Phi) is 4.71. The minimum Gasteiger partial charge on any atom is -0.395 e.